The van der Waals surface area contributed by atoms with Crippen LogP contribution in [0.3, 0.4) is 0 Å². The Morgan fingerprint density at radius 1 is 1.30 bits per heavy atom. The van der Waals surface area contributed by atoms with Crippen molar-refractivity contribution in [3.8, 4) is 5.75 Å². The van der Waals surface area contributed by atoms with Crippen molar-refractivity contribution in [2.75, 3.05) is 7.11 Å². The molecule has 0 spiro atoms. The maximum Gasteiger partial charge on any atom is 0.124 e. The zero-order valence-corrected chi connectivity index (χ0v) is 11.8. The molecule has 104 valence electrons. The van der Waals surface area contributed by atoms with Gasteiger partial charge in [0.1, 0.15) is 11.6 Å². The number of fused-ring (bicyclic) bond motifs is 1. The number of nitrogens with zero attached hydrogens (tertiary/aromatic N) is 5. The van der Waals surface area contributed by atoms with Crippen LogP contribution in [0.2, 0.25) is 0 Å². The van der Waals surface area contributed by atoms with Crippen LogP contribution in [0.5, 0.6) is 5.75 Å². The first kappa shape index (κ1) is 12.9. The fourth-order valence-corrected chi connectivity index (χ4v) is 2.40. The third-order valence-corrected chi connectivity index (χ3v) is 3.42. The van der Waals surface area contributed by atoms with Crippen LogP contribution in [0, 0.1) is 0 Å². The number of halogens is 1. The summed E-state index contributed by atoms with van der Waals surface area (Å²) >= 11 is 5.99. The summed E-state index contributed by atoms with van der Waals surface area (Å²) in [6.45, 7) is 1.47. The molecule has 0 amide bonds. The highest BCUT2D eigenvalue weighted by molar-refractivity contribution is 6.16. The molecule has 0 unspecified atom stereocenters. The van der Waals surface area contributed by atoms with E-state index in [4.69, 9.17) is 16.3 Å². The fraction of sp³-hybridized carbons (Fsp3) is 0.308. The number of rotatable bonds is 5. The normalized spacial score (nSPS) is 11.1. The minimum absolute atomic E-state index is 0.369. The van der Waals surface area contributed by atoms with Gasteiger partial charge in [0, 0.05) is 18.8 Å². The molecule has 0 saturated heterocycles. The van der Waals surface area contributed by atoms with E-state index in [2.05, 4.69) is 19.9 Å². The second-order valence-corrected chi connectivity index (χ2v) is 4.60. The molecule has 3 aromatic rings. The molecule has 0 aliphatic carbocycles. The van der Waals surface area contributed by atoms with Crippen molar-refractivity contribution in [2.45, 2.75) is 19.0 Å². The zero-order valence-electron chi connectivity index (χ0n) is 11.0. The molecule has 0 N–H and O–H groups in total. The molecule has 6 nitrogen and oxygen atoms in total. The van der Waals surface area contributed by atoms with Gasteiger partial charge in [0.15, 0.2) is 0 Å². The van der Waals surface area contributed by atoms with Crippen molar-refractivity contribution in [2.24, 2.45) is 0 Å². The van der Waals surface area contributed by atoms with Gasteiger partial charge in [-0.3, -0.25) is 4.68 Å². The summed E-state index contributed by atoms with van der Waals surface area (Å²) in [7, 11) is 1.64. The van der Waals surface area contributed by atoms with E-state index in [1.807, 2.05) is 24.4 Å². The number of aromatic nitrogens is 5. The molecule has 20 heavy (non-hydrogen) atoms. The smallest absolute Gasteiger partial charge is 0.124 e. The van der Waals surface area contributed by atoms with Crippen molar-refractivity contribution in [3.63, 3.8) is 0 Å². The first-order chi connectivity index (χ1) is 9.81. The molecule has 2 aromatic heterocycles. The Kier molecular flexibility index (Phi) is 3.56. The Labute approximate surface area is 120 Å². The number of imidazole rings is 1. The molecule has 1 aromatic carbocycles. The van der Waals surface area contributed by atoms with E-state index in [9.17, 15) is 0 Å². The van der Waals surface area contributed by atoms with Crippen LogP contribution < -0.4 is 4.74 Å². The SMILES string of the molecule is COc1ccc2c(c1)nc(CCl)n2CCn1ccnn1. The maximum absolute atomic E-state index is 5.99. The summed E-state index contributed by atoms with van der Waals surface area (Å²) in [5.41, 5.74) is 1.93. The maximum atomic E-state index is 5.99. The monoisotopic (exact) mass is 291 g/mol. The van der Waals surface area contributed by atoms with Crippen LogP contribution in [-0.2, 0) is 19.0 Å². The van der Waals surface area contributed by atoms with Crippen molar-refractivity contribution in [1.82, 2.24) is 24.5 Å². The highest BCUT2D eigenvalue weighted by Crippen LogP contribution is 2.22. The van der Waals surface area contributed by atoms with E-state index < -0.39 is 0 Å². The van der Waals surface area contributed by atoms with Gasteiger partial charge in [-0.05, 0) is 12.1 Å². The van der Waals surface area contributed by atoms with E-state index in [0.29, 0.717) is 5.88 Å². The summed E-state index contributed by atoms with van der Waals surface area (Å²) in [6, 6.07) is 5.84. The lowest BCUT2D eigenvalue weighted by Gasteiger charge is -2.07. The van der Waals surface area contributed by atoms with Crippen LogP contribution in [0.25, 0.3) is 11.0 Å². The standard InChI is InChI=1S/C13H14ClN5O/c1-20-10-2-3-12-11(8-10)16-13(9-14)19(12)7-6-18-5-4-15-17-18/h2-5,8H,6-7,9H2,1H3. The van der Waals surface area contributed by atoms with Crippen LogP contribution in [0.15, 0.2) is 30.6 Å². The van der Waals surface area contributed by atoms with Crippen molar-refractivity contribution < 1.29 is 4.74 Å². The van der Waals surface area contributed by atoms with Crippen LogP contribution in [-0.4, -0.2) is 31.7 Å². The Hall–Kier alpha value is -2.08. The molecular weight excluding hydrogens is 278 g/mol. The quantitative estimate of drug-likeness (QED) is 0.675. The molecule has 0 atom stereocenters. The number of ether oxygens (including phenoxy) is 1. The highest BCUT2D eigenvalue weighted by atomic mass is 35.5. The van der Waals surface area contributed by atoms with Gasteiger partial charge in [-0.25, -0.2) is 4.98 Å². The van der Waals surface area contributed by atoms with Gasteiger partial charge in [-0.15, -0.1) is 16.7 Å². The van der Waals surface area contributed by atoms with Crippen molar-refractivity contribution in [1.29, 1.82) is 0 Å². The van der Waals surface area contributed by atoms with Crippen LogP contribution in [0.4, 0.5) is 0 Å². The summed E-state index contributed by atoms with van der Waals surface area (Å²) in [6.07, 6.45) is 3.50. The van der Waals surface area contributed by atoms with Crippen molar-refractivity contribution in [3.05, 3.63) is 36.4 Å². The van der Waals surface area contributed by atoms with Crippen LogP contribution in [0.1, 0.15) is 5.82 Å². The minimum Gasteiger partial charge on any atom is -0.497 e. The van der Waals surface area contributed by atoms with E-state index in [1.54, 1.807) is 18.0 Å². The van der Waals surface area contributed by atoms with E-state index in [1.165, 1.54) is 0 Å². The third-order valence-electron chi connectivity index (χ3n) is 3.18. The Balaban J connectivity index is 1.95. The average molecular weight is 292 g/mol. The van der Waals surface area contributed by atoms with Gasteiger partial charge < -0.3 is 9.30 Å². The third kappa shape index (κ3) is 2.34. The number of methoxy groups -OCH3 is 1. The van der Waals surface area contributed by atoms with E-state index in [0.717, 1.165) is 35.7 Å². The summed E-state index contributed by atoms with van der Waals surface area (Å²) in [5.74, 6) is 2.00. The molecule has 7 heteroatoms. The highest BCUT2D eigenvalue weighted by Gasteiger charge is 2.10. The molecule has 0 radical (unpaired) electrons. The van der Waals surface area contributed by atoms with Gasteiger partial charge in [-0.2, -0.15) is 0 Å². The largest absolute Gasteiger partial charge is 0.497 e. The molecule has 0 saturated carbocycles. The topological polar surface area (TPSA) is 57.8 Å². The number of aryl methyl sites for hydroxylation is 2. The second-order valence-electron chi connectivity index (χ2n) is 4.33. The molecular formula is C13H14ClN5O. The number of alkyl halides is 1. The number of benzene rings is 1. The molecule has 3 rings (SSSR count). The lowest BCUT2D eigenvalue weighted by atomic mass is 10.3. The van der Waals surface area contributed by atoms with Gasteiger partial charge in [0.25, 0.3) is 0 Å². The van der Waals surface area contributed by atoms with Gasteiger partial charge in [-0.1, -0.05) is 5.21 Å². The van der Waals surface area contributed by atoms with Crippen LogP contribution >= 0.6 is 11.6 Å². The zero-order chi connectivity index (χ0) is 13.9. The van der Waals surface area contributed by atoms with Gasteiger partial charge >= 0.3 is 0 Å². The summed E-state index contributed by atoms with van der Waals surface area (Å²) < 4.78 is 9.11. The lowest BCUT2D eigenvalue weighted by Crippen LogP contribution is -2.10. The number of hydrogen-bond donors (Lipinski definition) is 0. The first-order valence-corrected chi connectivity index (χ1v) is 6.78. The Bertz CT molecular complexity index is 707. The second kappa shape index (κ2) is 5.50. The van der Waals surface area contributed by atoms with E-state index in [-0.39, 0.29) is 0 Å². The molecule has 0 fully saturated rings. The predicted molar refractivity (Wildman–Crippen MR) is 75.9 cm³/mol. The average Bonchev–Trinajstić information content (AvgIpc) is 3.11. The molecule has 0 aliphatic heterocycles. The van der Waals surface area contributed by atoms with Gasteiger partial charge in [0.05, 0.1) is 36.8 Å². The molecule has 2 heterocycles. The summed E-state index contributed by atoms with van der Waals surface area (Å²) in [4.78, 5) is 4.55. The minimum atomic E-state index is 0.369. The van der Waals surface area contributed by atoms with Crippen molar-refractivity contribution >= 4 is 22.6 Å². The number of hydrogen-bond acceptors (Lipinski definition) is 4. The van der Waals surface area contributed by atoms with E-state index >= 15 is 0 Å². The Morgan fingerprint density at radius 3 is 2.90 bits per heavy atom. The first-order valence-electron chi connectivity index (χ1n) is 6.25. The lowest BCUT2D eigenvalue weighted by molar-refractivity contribution is 0.415. The molecule has 0 bridgehead atoms. The Morgan fingerprint density at radius 2 is 2.20 bits per heavy atom. The molecule has 0 aliphatic rings. The fourth-order valence-electron chi connectivity index (χ4n) is 2.19. The predicted octanol–water partition coefficient (Wildman–Crippen LogP) is 2.08. The summed E-state index contributed by atoms with van der Waals surface area (Å²) in [5, 5.41) is 7.75. The van der Waals surface area contributed by atoms with Gasteiger partial charge in [0.2, 0.25) is 0 Å².